The summed E-state index contributed by atoms with van der Waals surface area (Å²) in [6.07, 6.45) is 0. The van der Waals surface area contributed by atoms with Crippen LogP contribution >= 0.6 is 15.9 Å². The minimum absolute atomic E-state index is 0.0303. The van der Waals surface area contributed by atoms with E-state index in [1.807, 2.05) is 42.5 Å². The molecule has 0 heterocycles. The van der Waals surface area contributed by atoms with Crippen molar-refractivity contribution in [2.24, 2.45) is 0 Å². The molecule has 0 saturated carbocycles. The van der Waals surface area contributed by atoms with Crippen LogP contribution in [-0.4, -0.2) is 12.5 Å². The Balaban J connectivity index is 1.59. The average Bonchev–Trinajstić information content (AvgIpc) is 2.69. The first-order valence-electron chi connectivity index (χ1n) is 8.79. The third-order valence-corrected chi connectivity index (χ3v) is 5.10. The van der Waals surface area contributed by atoms with Gasteiger partial charge < -0.3 is 10.1 Å². The molecule has 3 aromatic carbocycles. The SMILES string of the molecule is CC(C)(c1ccccc1)c1ccc(OCC(=O)Nc2ccc(Br)cc2)cc1. The molecule has 0 spiro atoms. The van der Waals surface area contributed by atoms with Gasteiger partial charge in [0, 0.05) is 15.6 Å². The standard InChI is InChI=1S/C23H22BrNO2/c1-23(2,17-6-4-3-5-7-17)18-8-14-21(15-9-18)27-16-22(26)25-20-12-10-19(24)11-13-20/h3-15H,16H2,1-2H3,(H,25,26). The Bertz CT molecular complexity index is 888. The zero-order chi connectivity index (χ0) is 19.3. The van der Waals surface area contributed by atoms with Crippen molar-refractivity contribution in [1.29, 1.82) is 0 Å². The van der Waals surface area contributed by atoms with Gasteiger partial charge in [0.15, 0.2) is 6.61 Å². The van der Waals surface area contributed by atoms with Crippen LogP contribution in [-0.2, 0) is 10.2 Å². The molecule has 0 aliphatic heterocycles. The molecule has 3 rings (SSSR count). The molecule has 1 amide bonds. The third-order valence-electron chi connectivity index (χ3n) is 4.57. The van der Waals surface area contributed by atoms with E-state index in [1.54, 1.807) is 0 Å². The minimum atomic E-state index is -0.189. The van der Waals surface area contributed by atoms with Gasteiger partial charge in [0.05, 0.1) is 0 Å². The normalized spacial score (nSPS) is 11.1. The van der Waals surface area contributed by atoms with Gasteiger partial charge in [-0.1, -0.05) is 72.2 Å². The van der Waals surface area contributed by atoms with Crippen molar-refractivity contribution in [3.63, 3.8) is 0 Å². The van der Waals surface area contributed by atoms with E-state index in [4.69, 9.17) is 4.74 Å². The van der Waals surface area contributed by atoms with Gasteiger partial charge in [0.1, 0.15) is 5.75 Å². The molecule has 0 fully saturated rings. The molecule has 138 valence electrons. The van der Waals surface area contributed by atoms with Crippen molar-refractivity contribution in [2.75, 3.05) is 11.9 Å². The molecule has 0 aliphatic rings. The molecule has 4 heteroatoms. The van der Waals surface area contributed by atoms with Gasteiger partial charge in [0.2, 0.25) is 0 Å². The first-order valence-corrected chi connectivity index (χ1v) is 9.59. The summed E-state index contributed by atoms with van der Waals surface area (Å²) in [7, 11) is 0. The van der Waals surface area contributed by atoms with Crippen LogP contribution < -0.4 is 10.1 Å². The highest BCUT2D eigenvalue weighted by atomic mass is 79.9. The number of anilines is 1. The predicted octanol–water partition coefficient (Wildman–Crippen LogP) is 5.79. The zero-order valence-electron chi connectivity index (χ0n) is 15.4. The summed E-state index contributed by atoms with van der Waals surface area (Å²) < 4.78 is 6.58. The number of ether oxygens (including phenoxy) is 1. The van der Waals surface area contributed by atoms with Gasteiger partial charge >= 0.3 is 0 Å². The van der Waals surface area contributed by atoms with Crippen molar-refractivity contribution >= 4 is 27.5 Å². The maximum Gasteiger partial charge on any atom is 0.262 e. The molecule has 3 nitrogen and oxygen atoms in total. The van der Waals surface area contributed by atoms with Gasteiger partial charge in [-0.25, -0.2) is 0 Å². The summed E-state index contributed by atoms with van der Waals surface area (Å²) >= 11 is 3.37. The predicted molar refractivity (Wildman–Crippen MR) is 113 cm³/mol. The highest BCUT2D eigenvalue weighted by Crippen LogP contribution is 2.32. The van der Waals surface area contributed by atoms with E-state index in [2.05, 4.69) is 71.5 Å². The molecule has 0 atom stereocenters. The number of hydrogen-bond donors (Lipinski definition) is 1. The molecule has 0 radical (unpaired) electrons. The van der Waals surface area contributed by atoms with Crippen molar-refractivity contribution in [1.82, 2.24) is 0 Å². The lowest BCUT2D eigenvalue weighted by Crippen LogP contribution is -2.20. The number of amides is 1. The highest BCUT2D eigenvalue weighted by molar-refractivity contribution is 9.10. The molecular weight excluding hydrogens is 402 g/mol. The van der Waals surface area contributed by atoms with Crippen molar-refractivity contribution in [3.8, 4) is 5.75 Å². The molecule has 3 aromatic rings. The number of carbonyl (C=O) groups excluding carboxylic acids is 1. The second-order valence-electron chi connectivity index (χ2n) is 6.86. The van der Waals surface area contributed by atoms with Crippen LogP contribution in [0.1, 0.15) is 25.0 Å². The Morgan fingerprint density at radius 2 is 1.48 bits per heavy atom. The van der Waals surface area contributed by atoms with E-state index >= 15 is 0 Å². The number of hydrogen-bond acceptors (Lipinski definition) is 2. The van der Waals surface area contributed by atoms with Crippen LogP contribution in [0.15, 0.2) is 83.3 Å². The molecule has 0 bridgehead atoms. The lowest BCUT2D eigenvalue weighted by molar-refractivity contribution is -0.118. The van der Waals surface area contributed by atoms with Crippen LogP contribution in [0.5, 0.6) is 5.75 Å². The number of benzene rings is 3. The van der Waals surface area contributed by atoms with E-state index in [0.29, 0.717) is 5.75 Å². The van der Waals surface area contributed by atoms with Gasteiger partial charge in [0.25, 0.3) is 5.91 Å². The molecule has 0 saturated heterocycles. The maximum absolute atomic E-state index is 12.0. The monoisotopic (exact) mass is 423 g/mol. The second-order valence-corrected chi connectivity index (χ2v) is 7.77. The number of carbonyl (C=O) groups is 1. The largest absolute Gasteiger partial charge is 0.484 e. The number of halogens is 1. The molecular formula is C23H22BrNO2. The van der Waals surface area contributed by atoms with Gasteiger partial charge in [-0.3, -0.25) is 4.79 Å². The van der Waals surface area contributed by atoms with E-state index in [9.17, 15) is 4.79 Å². The molecule has 0 aliphatic carbocycles. The van der Waals surface area contributed by atoms with Crippen molar-refractivity contribution < 1.29 is 9.53 Å². The summed E-state index contributed by atoms with van der Waals surface area (Å²) in [5.41, 5.74) is 3.10. The van der Waals surface area contributed by atoms with Crippen LogP contribution in [0, 0.1) is 0 Å². The van der Waals surface area contributed by atoms with Crippen LogP contribution in [0.2, 0.25) is 0 Å². The second kappa shape index (κ2) is 8.40. The number of rotatable bonds is 6. The van der Waals surface area contributed by atoms with Gasteiger partial charge in [-0.05, 0) is 47.5 Å². The highest BCUT2D eigenvalue weighted by Gasteiger charge is 2.22. The van der Waals surface area contributed by atoms with Crippen molar-refractivity contribution in [3.05, 3.63) is 94.5 Å². The van der Waals surface area contributed by atoms with E-state index in [1.165, 1.54) is 11.1 Å². The third kappa shape index (κ3) is 4.98. The van der Waals surface area contributed by atoms with E-state index < -0.39 is 0 Å². The first kappa shape index (κ1) is 19.2. The first-order chi connectivity index (χ1) is 12.9. The topological polar surface area (TPSA) is 38.3 Å². The Morgan fingerprint density at radius 3 is 2.11 bits per heavy atom. The summed E-state index contributed by atoms with van der Waals surface area (Å²) in [6.45, 7) is 4.37. The van der Waals surface area contributed by atoms with Crippen LogP contribution in [0.25, 0.3) is 0 Å². The zero-order valence-corrected chi connectivity index (χ0v) is 17.0. The summed E-state index contributed by atoms with van der Waals surface area (Å²) in [6, 6.07) is 25.8. The lowest BCUT2D eigenvalue weighted by atomic mass is 9.78. The fraction of sp³-hybridized carbons (Fsp3) is 0.174. The Hall–Kier alpha value is -2.59. The fourth-order valence-corrected chi connectivity index (χ4v) is 3.13. The van der Waals surface area contributed by atoms with Gasteiger partial charge in [-0.15, -0.1) is 0 Å². The average molecular weight is 424 g/mol. The molecule has 1 N–H and O–H groups in total. The fourth-order valence-electron chi connectivity index (χ4n) is 2.87. The van der Waals surface area contributed by atoms with Crippen molar-refractivity contribution in [2.45, 2.75) is 19.3 Å². The smallest absolute Gasteiger partial charge is 0.262 e. The summed E-state index contributed by atoms with van der Waals surface area (Å²) in [5, 5.41) is 2.81. The molecule has 0 unspecified atom stereocenters. The Morgan fingerprint density at radius 1 is 0.889 bits per heavy atom. The Labute approximate surface area is 168 Å². The molecule has 27 heavy (non-hydrogen) atoms. The summed E-state index contributed by atoms with van der Waals surface area (Å²) in [4.78, 5) is 12.0. The van der Waals surface area contributed by atoms with E-state index in [0.717, 1.165) is 10.2 Å². The van der Waals surface area contributed by atoms with E-state index in [-0.39, 0.29) is 17.9 Å². The quantitative estimate of drug-likeness (QED) is 0.544. The minimum Gasteiger partial charge on any atom is -0.484 e. The lowest BCUT2D eigenvalue weighted by Gasteiger charge is -2.26. The molecule has 0 aromatic heterocycles. The maximum atomic E-state index is 12.0. The Kier molecular flexibility index (Phi) is 5.97. The van der Waals surface area contributed by atoms with Gasteiger partial charge in [-0.2, -0.15) is 0 Å². The number of nitrogens with one attached hydrogen (secondary N) is 1. The summed E-state index contributed by atoms with van der Waals surface area (Å²) in [5.74, 6) is 0.486. The van der Waals surface area contributed by atoms with Crippen LogP contribution in [0.3, 0.4) is 0 Å². The van der Waals surface area contributed by atoms with Crippen LogP contribution in [0.4, 0.5) is 5.69 Å².